The number of hydrazine groups is 1. The molecule has 12 heavy (non-hydrogen) atoms. The van der Waals surface area contributed by atoms with Gasteiger partial charge in [0.05, 0.1) is 0 Å². The van der Waals surface area contributed by atoms with Crippen molar-refractivity contribution in [1.29, 1.82) is 0 Å². The molecule has 1 aromatic rings. The van der Waals surface area contributed by atoms with Gasteiger partial charge in [0, 0.05) is 5.56 Å². The van der Waals surface area contributed by atoms with Gasteiger partial charge in [-0.25, -0.2) is 5.84 Å². The summed E-state index contributed by atoms with van der Waals surface area (Å²) in [6.45, 7) is 3.59. The van der Waals surface area contributed by atoms with Crippen LogP contribution in [0.25, 0.3) is 6.08 Å². The molecule has 0 saturated carbocycles. The molecule has 1 rings (SSSR count). The Bertz CT molecular complexity index is 307. The number of nitrogen functional groups attached to an aromatic ring is 1. The molecule has 0 unspecified atom stereocenters. The van der Waals surface area contributed by atoms with Gasteiger partial charge >= 0.3 is 0 Å². The summed E-state index contributed by atoms with van der Waals surface area (Å²) in [5, 5.41) is 0. The maximum absolute atomic E-state index is 11.0. The Labute approximate surface area is 70.9 Å². The van der Waals surface area contributed by atoms with E-state index >= 15 is 0 Å². The third kappa shape index (κ3) is 1.71. The minimum atomic E-state index is -0.293. The molecular weight excluding hydrogens is 152 g/mol. The lowest BCUT2D eigenvalue weighted by Crippen LogP contribution is -2.29. The molecule has 3 N–H and O–H groups in total. The fourth-order valence-electron chi connectivity index (χ4n) is 0.890. The topological polar surface area (TPSA) is 55.1 Å². The van der Waals surface area contributed by atoms with Crippen molar-refractivity contribution < 1.29 is 4.79 Å². The summed E-state index contributed by atoms with van der Waals surface area (Å²) < 4.78 is 0. The first-order valence-corrected chi connectivity index (χ1v) is 3.51. The Balaban J connectivity index is 3.01. The van der Waals surface area contributed by atoms with Gasteiger partial charge in [-0.05, 0) is 17.7 Å². The number of carbonyl (C=O) groups excluding carboxylic acids is 1. The first-order valence-electron chi connectivity index (χ1n) is 3.51. The van der Waals surface area contributed by atoms with Crippen molar-refractivity contribution in [2.24, 2.45) is 5.84 Å². The minimum absolute atomic E-state index is 0.293. The number of hydrogen-bond donors (Lipinski definition) is 2. The molecule has 0 aliphatic rings. The zero-order valence-electron chi connectivity index (χ0n) is 6.58. The van der Waals surface area contributed by atoms with Crippen molar-refractivity contribution in [3.8, 4) is 0 Å². The Morgan fingerprint density at radius 2 is 2.33 bits per heavy atom. The van der Waals surface area contributed by atoms with E-state index in [2.05, 4.69) is 12.0 Å². The Morgan fingerprint density at radius 1 is 1.58 bits per heavy atom. The molecule has 1 amide bonds. The van der Waals surface area contributed by atoms with E-state index in [0.717, 1.165) is 5.56 Å². The van der Waals surface area contributed by atoms with E-state index in [-0.39, 0.29) is 5.91 Å². The molecule has 3 heteroatoms. The summed E-state index contributed by atoms with van der Waals surface area (Å²) in [6, 6.07) is 7.05. The highest BCUT2D eigenvalue weighted by molar-refractivity contribution is 5.94. The molecule has 0 bridgehead atoms. The van der Waals surface area contributed by atoms with Crippen molar-refractivity contribution in [2.45, 2.75) is 0 Å². The first-order chi connectivity index (χ1) is 5.77. The van der Waals surface area contributed by atoms with E-state index in [9.17, 15) is 4.79 Å². The van der Waals surface area contributed by atoms with Crippen LogP contribution in [0.5, 0.6) is 0 Å². The third-order valence-electron chi connectivity index (χ3n) is 1.52. The summed E-state index contributed by atoms with van der Waals surface area (Å²) in [4.78, 5) is 11.0. The smallest absolute Gasteiger partial charge is 0.265 e. The molecule has 1 aromatic carbocycles. The molecule has 0 aromatic heterocycles. The standard InChI is InChI=1S/C9H10N2O/c1-2-7-4-3-5-8(6-7)9(12)11-10/h2-6H,1,10H2,(H,11,12). The molecule has 0 heterocycles. The summed E-state index contributed by atoms with van der Waals surface area (Å²) in [5.74, 6) is 4.68. The van der Waals surface area contributed by atoms with Crippen LogP contribution in [0.15, 0.2) is 30.8 Å². The molecule has 0 fully saturated rings. The van der Waals surface area contributed by atoms with Crippen molar-refractivity contribution >= 4 is 12.0 Å². The molecule has 0 aliphatic heterocycles. The highest BCUT2D eigenvalue weighted by atomic mass is 16.2. The van der Waals surface area contributed by atoms with Crippen LogP contribution in [0.2, 0.25) is 0 Å². The summed E-state index contributed by atoms with van der Waals surface area (Å²) in [5.41, 5.74) is 3.50. The molecule has 0 saturated heterocycles. The average molecular weight is 162 g/mol. The van der Waals surface area contributed by atoms with Gasteiger partial charge in [0.2, 0.25) is 0 Å². The van der Waals surface area contributed by atoms with Gasteiger partial charge in [0.1, 0.15) is 0 Å². The van der Waals surface area contributed by atoms with Crippen molar-refractivity contribution in [1.82, 2.24) is 5.43 Å². The first kappa shape index (κ1) is 8.49. The largest absolute Gasteiger partial charge is 0.290 e. The number of carbonyl (C=O) groups is 1. The zero-order valence-corrected chi connectivity index (χ0v) is 6.58. The van der Waals surface area contributed by atoms with E-state index in [1.807, 2.05) is 6.07 Å². The van der Waals surface area contributed by atoms with E-state index in [1.54, 1.807) is 24.3 Å². The lowest BCUT2D eigenvalue weighted by atomic mass is 10.1. The second-order valence-corrected chi connectivity index (χ2v) is 2.30. The van der Waals surface area contributed by atoms with Crippen LogP contribution in [0.1, 0.15) is 15.9 Å². The summed E-state index contributed by atoms with van der Waals surface area (Å²) in [7, 11) is 0. The van der Waals surface area contributed by atoms with Crippen LogP contribution in [-0.2, 0) is 0 Å². The van der Waals surface area contributed by atoms with Crippen LogP contribution in [-0.4, -0.2) is 5.91 Å². The minimum Gasteiger partial charge on any atom is -0.290 e. The number of nitrogens with one attached hydrogen (secondary N) is 1. The number of rotatable bonds is 2. The van der Waals surface area contributed by atoms with Crippen LogP contribution < -0.4 is 11.3 Å². The molecular formula is C9H10N2O. The van der Waals surface area contributed by atoms with Crippen molar-refractivity contribution in [2.75, 3.05) is 0 Å². The second-order valence-electron chi connectivity index (χ2n) is 2.30. The quantitative estimate of drug-likeness (QED) is 0.386. The van der Waals surface area contributed by atoms with Gasteiger partial charge in [-0.1, -0.05) is 24.8 Å². The predicted molar refractivity (Wildman–Crippen MR) is 48.2 cm³/mol. The van der Waals surface area contributed by atoms with Crippen molar-refractivity contribution in [3.05, 3.63) is 42.0 Å². The Hall–Kier alpha value is -1.61. The maximum atomic E-state index is 11.0. The fraction of sp³-hybridized carbons (Fsp3) is 0. The van der Waals surface area contributed by atoms with Gasteiger partial charge < -0.3 is 0 Å². The van der Waals surface area contributed by atoms with Crippen LogP contribution in [0.4, 0.5) is 0 Å². The third-order valence-corrected chi connectivity index (χ3v) is 1.52. The van der Waals surface area contributed by atoms with Crippen LogP contribution in [0, 0.1) is 0 Å². The monoisotopic (exact) mass is 162 g/mol. The molecule has 0 radical (unpaired) electrons. The van der Waals surface area contributed by atoms with Crippen LogP contribution >= 0.6 is 0 Å². The van der Waals surface area contributed by atoms with Gasteiger partial charge in [0.15, 0.2) is 0 Å². The van der Waals surface area contributed by atoms with E-state index in [1.165, 1.54) is 0 Å². The van der Waals surface area contributed by atoms with E-state index < -0.39 is 0 Å². The molecule has 0 aliphatic carbocycles. The maximum Gasteiger partial charge on any atom is 0.265 e. The summed E-state index contributed by atoms with van der Waals surface area (Å²) in [6.07, 6.45) is 1.67. The predicted octanol–water partition coefficient (Wildman–Crippen LogP) is 0.933. The van der Waals surface area contributed by atoms with Crippen molar-refractivity contribution in [3.63, 3.8) is 0 Å². The average Bonchev–Trinajstić information content (AvgIpc) is 2.17. The number of hydrogen-bond acceptors (Lipinski definition) is 2. The van der Waals surface area contributed by atoms with Gasteiger partial charge in [-0.2, -0.15) is 0 Å². The molecule has 0 spiro atoms. The fourth-order valence-corrected chi connectivity index (χ4v) is 0.890. The zero-order chi connectivity index (χ0) is 8.97. The number of benzene rings is 1. The molecule has 0 atom stereocenters. The molecule has 62 valence electrons. The second kappa shape index (κ2) is 3.69. The Morgan fingerprint density at radius 3 is 2.92 bits per heavy atom. The highest BCUT2D eigenvalue weighted by Gasteiger charge is 2.01. The lowest BCUT2D eigenvalue weighted by molar-refractivity contribution is 0.0953. The van der Waals surface area contributed by atoms with Gasteiger partial charge in [-0.15, -0.1) is 0 Å². The number of amides is 1. The normalized spacial score (nSPS) is 9.08. The Kier molecular flexibility index (Phi) is 2.61. The summed E-state index contributed by atoms with van der Waals surface area (Å²) >= 11 is 0. The van der Waals surface area contributed by atoms with Crippen LogP contribution in [0.3, 0.4) is 0 Å². The van der Waals surface area contributed by atoms with E-state index in [4.69, 9.17) is 5.84 Å². The van der Waals surface area contributed by atoms with E-state index in [0.29, 0.717) is 5.56 Å². The highest BCUT2D eigenvalue weighted by Crippen LogP contribution is 2.05. The van der Waals surface area contributed by atoms with Gasteiger partial charge in [-0.3, -0.25) is 10.2 Å². The number of nitrogens with two attached hydrogens (primary N) is 1. The molecule has 3 nitrogen and oxygen atoms in total. The lowest BCUT2D eigenvalue weighted by Gasteiger charge is -1.99. The van der Waals surface area contributed by atoms with Gasteiger partial charge in [0.25, 0.3) is 5.91 Å². The SMILES string of the molecule is C=Cc1cccc(C(=O)NN)c1.